The number of nitrogens with zero attached hydrogens (tertiary/aromatic N) is 3. The molecule has 1 N–H and O–H groups in total. The fourth-order valence-electron chi connectivity index (χ4n) is 4.64. The number of carbonyl (C=O) groups is 1. The second-order valence-corrected chi connectivity index (χ2v) is 7.47. The number of rotatable bonds is 5. The number of aryl methyl sites for hydroxylation is 2. The number of methoxy groups -OCH3 is 1. The molecule has 1 aromatic heterocycles. The Morgan fingerprint density at radius 1 is 1.31 bits per heavy atom. The molecule has 1 aliphatic heterocycles. The van der Waals surface area contributed by atoms with Crippen LogP contribution in [0, 0.1) is 12.8 Å². The average molecular weight is 354 g/mol. The van der Waals surface area contributed by atoms with E-state index >= 15 is 0 Å². The number of fused-ring (bicyclic) bond motifs is 3. The van der Waals surface area contributed by atoms with Crippen molar-refractivity contribution in [3.63, 3.8) is 0 Å². The van der Waals surface area contributed by atoms with E-state index in [2.05, 4.69) is 45.6 Å². The minimum absolute atomic E-state index is 0.0475. The molecule has 6 heteroatoms. The van der Waals surface area contributed by atoms with Crippen LogP contribution in [0.5, 0.6) is 0 Å². The summed E-state index contributed by atoms with van der Waals surface area (Å²) in [6, 6.07) is 10.7. The Kier molecular flexibility index (Phi) is 4.54. The van der Waals surface area contributed by atoms with Crippen LogP contribution in [-0.4, -0.2) is 47.4 Å². The zero-order valence-electron chi connectivity index (χ0n) is 15.6. The number of carbonyl (C=O) groups excluding carboxylic acids is 1. The van der Waals surface area contributed by atoms with Gasteiger partial charge in [-0.2, -0.15) is 5.10 Å². The van der Waals surface area contributed by atoms with Crippen LogP contribution in [0.25, 0.3) is 0 Å². The van der Waals surface area contributed by atoms with E-state index in [9.17, 15) is 4.79 Å². The lowest BCUT2D eigenvalue weighted by Crippen LogP contribution is -2.35. The minimum atomic E-state index is -0.0475. The molecule has 2 aliphatic rings. The van der Waals surface area contributed by atoms with Gasteiger partial charge in [0.05, 0.1) is 17.4 Å². The molecule has 0 spiro atoms. The van der Waals surface area contributed by atoms with Gasteiger partial charge in [0.25, 0.3) is 0 Å². The molecule has 1 fully saturated rings. The Bertz CT molecular complexity index is 816. The molecule has 1 aliphatic carbocycles. The summed E-state index contributed by atoms with van der Waals surface area (Å²) in [5.74, 6) is 0.824. The predicted molar refractivity (Wildman–Crippen MR) is 98.7 cm³/mol. The third kappa shape index (κ3) is 3.04. The molecule has 2 heterocycles. The highest BCUT2D eigenvalue weighted by molar-refractivity contribution is 5.78. The number of ether oxygens (including phenoxy) is 1. The number of hydrogen-bond acceptors (Lipinski definition) is 4. The quantitative estimate of drug-likeness (QED) is 0.889. The molecule has 0 unspecified atom stereocenters. The lowest BCUT2D eigenvalue weighted by atomic mass is 9.94. The Balaban J connectivity index is 1.55. The van der Waals surface area contributed by atoms with Crippen LogP contribution in [-0.2, 0) is 23.1 Å². The molecule has 4 rings (SSSR count). The molecule has 0 saturated carbocycles. The highest BCUT2D eigenvalue weighted by atomic mass is 16.5. The molecular formula is C20H26N4O2. The van der Waals surface area contributed by atoms with Crippen molar-refractivity contribution in [1.82, 2.24) is 20.0 Å². The summed E-state index contributed by atoms with van der Waals surface area (Å²) in [7, 11) is 3.56. The highest BCUT2D eigenvalue weighted by Crippen LogP contribution is 2.49. The lowest BCUT2D eigenvalue weighted by molar-refractivity contribution is -0.125. The first-order chi connectivity index (χ1) is 12.6. The van der Waals surface area contributed by atoms with Gasteiger partial charge in [-0.3, -0.25) is 14.4 Å². The zero-order valence-corrected chi connectivity index (χ0v) is 15.6. The molecule has 26 heavy (non-hydrogen) atoms. The van der Waals surface area contributed by atoms with Crippen molar-refractivity contribution < 1.29 is 9.53 Å². The van der Waals surface area contributed by atoms with Crippen molar-refractivity contribution in [3.8, 4) is 0 Å². The van der Waals surface area contributed by atoms with Crippen LogP contribution in [0.3, 0.4) is 0 Å². The fraction of sp³-hybridized carbons (Fsp3) is 0.500. The topological polar surface area (TPSA) is 59.4 Å². The van der Waals surface area contributed by atoms with Gasteiger partial charge in [0.2, 0.25) is 5.91 Å². The molecule has 138 valence electrons. The minimum Gasteiger partial charge on any atom is -0.375 e. The first kappa shape index (κ1) is 17.2. The van der Waals surface area contributed by atoms with Gasteiger partial charge >= 0.3 is 0 Å². The van der Waals surface area contributed by atoms with E-state index in [4.69, 9.17) is 4.74 Å². The van der Waals surface area contributed by atoms with Crippen LogP contribution in [0.4, 0.5) is 0 Å². The van der Waals surface area contributed by atoms with Gasteiger partial charge in [-0.05, 0) is 24.1 Å². The summed E-state index contributed by atoms with van der Waals surface area (Å²) in [5.41, 5.74) is 4.93. The normalized spacial score (nSPS) is 24.5. The standard InChI is InChI=1S/C20H26N4O2/c1-13-8-14(23(2)22-13)9-24-10-17-15-6-4-5-7-16(15)20(18(17)11-24)21-19(25)12-26-3/h4-8,17-18,20H,9-12H2,1-3H3,(H,21,25)/t17-,18-,20+/m0/s1. The molecule has 0 bridgehead atoms. The van der Waals surface area contributed by atoms with Crippen LogP contribution < -0.4 is 5.32 Å². The summed E-state index contributed by atoms with van der Waals surface area (Å²) in [6.07, 6.45) is 0. The molecule has 0 radical (unpaired) electrons. The zero-order chi connectivity index (χ0) is 18.3. The van der Waals surface area contributed by atoms with E-state index < -0.39 is 0 Å². The van der Waals surface area contributed by atoms with E-state index in [1.165, 1.54) is 16.8 Å². The number of nitrogens with one attached hydrogen (secondary N) is 1. The van der Waals surface area contributed by atoms with Crippen LogP contribution >= 0.6 is 0 Å². The van der Waals surface area contributed by atoms with Crippen LogP contribution in [0.1, 0.15) is 34.5 Å². The smallest absolute Gasteiger partial charge is 0.246 e. The number of hydrogen-bond donors (Lipinski definition) is 1. The summed E-state index contributed by atoms with van der Waals surface area (Å²) in [5, 5.41) is 7.65. The summed E-state index contributed by atoms with van der Waals surface area (Å²) in [6.45, 7) is 5.02. The van der Waals surface area contributed by atoms with E-state index in [1.807, 2.05) is 18.7 Å². The maximum atomic E-state index is 12.2. The molecule has 1 saturated heterocycles. The van der Waals surface area contributed by atoms with Gasteiger partial charge in [-0.15, -0.1) is 0 Å². The van der Waals surface area contributed by atoms with Crippen molar-refractivity contribution in [1.29, 1.82) is 0 Å². The second-order valence-electron chi connectivity index (χ2n) is 7.47. The first-order valence-electron chi connectivity index (χ1n) is 9.16. The Morgan fingerprint density at radius 3 is 2.77 bits per heavy atom. The maximum absolute atomic E-state index is 12.2. The van der Waals surface area contributed by atoms with Crippen molar-refractivity contribution in [2.45, 2.75) is 25.4 Å². The highest BCUT2D eigenvalue weighted by Gasteiger charge is 2.46. The first-order valence-corrected chi connectivity index (χ1v) is 9.16. The molecular weight excluding hydrogens is 328 g/mol. The number of benzene rings is 1. The summed E-state index contributed by atoms with van der Waals surface area (Å²) >= 11 is 0. The van der Waals surface area contributed by atoms with Crippen LogP contribution in [0.15, 0.2) is 30.3 Å². The van der Waals surface area contributed by atoms with E-state index in [0.717, 1.165) is 25.3 Å². The van der Waals surface area contributed by atoms with Crippen molar-refractivity contribution in [2.75, 3.05) is 26.8 Å². The van der Waals surface area contributed by atoms with Crippen LogP contribution in [0.2, 0.25) is 0 Å². The fourth-order valence-corrected chi connectivity index (χ4v) is 4.64. The Hall–Kier alpha value is -2.18. The Labute approximate surface area is 154 Å². The monoisotopic (exact) mass is 354 g/mol. The molecule has 1 aromatic carbocycles. The Morgan fingerprint density at radius 2 is 2.08 bits per heavy atom. The number of aromatic nitrogens is 2. The van der Waals surface area contributed by atoms with Gasteiger partial charge in [0.1, 0.15) is 6.61 Å². The van der Waals surface area contributed by atoms with Gasteiger partial charge in [-0.1, -0.05) is 24.3 Å². The third-order valence-electron chi connectivity index (χ3n) is 5.68. The molecule has 6 nitrogen and oxygen atoms in total. The second kappa shape index (κ2) is 6.85. The van der Waals surface area contributed by atoms with Crippen molar-refractivity contribution >= 4 is 5.91 Å². The molecule has 2 aromatic rings. The SMILES string of the molecule is COCC(=O)N[C@@H]1c2ccccc2[C@@H]2CN(Cc3cc(C)nn3C)C[C@H]12. The number of amides is 1. The summed E-state index contributed by atoms with van der Waals surface area (Å²) in [4.78, 5) is 14.6. The van der Waals surface area contributed by atoms with Gasteiger partial charge < -0.3 is 10.1 Å². The molecule has 3 atom stereocenters. The number of likely N-dealkylation sites (tertiary alicyclic amines) is 1. The van der Waals surface area contributed by atoms with E-state index in [0.29, 0.717) is 11.8 Å². The van der Waals surface area contributed by atoms with Crippen molar-refractivity contribution in [2.24, 2.45) is 13.0 Å². The summed E-state index contributed by atoms with van der Waals surface area (Å²) < 4.78 is 6.96. The van der Waals surface area contributed by atoms with E-state index in [-0.39, 0.29) is 18.6 Å². The van der Waals surface area contributed by atoms with E-state index in [1.54, 1.807) is 7.11 Å². The van der Waals surface area contributed by atoms with Gasteiger partial charge in [0.15, 0.2) is 0 Å². The average Bonchev–Trinajstić information content (AvgIpc) is 3.23. The largest absolute Gasteiger partial charge is 0.375 e. The van der Waals surface area contributed by atoms with Gasteiger partial charge in [-0.25, -0.2) is 0 Å². The molecule has 1 amide bonds. The van der Waals surface area contributed by atoms with Gasteiger partial charge in [0, 0.05) is 45.6 Å². The van der Waals surface area contributed by atoms with Crippen molar-refractivity contribution in [3.05, 3.63) is 52.8 Å². The maximum Gasteiger partial charge on any atom is 0.246 e. The predicted octanol–water partition coefficient (Wildman–Crippen LogP) is 1.76. The third-order valence-corrected chi connectivity index (χ3v) is 5.68. The lowest BCUT2D eigenvalue weighted by Gasteiger charge is -2.23.